The lowest BCUT2D eigenvalue weighted by atomic mass is 10.2. The van der Waals surface area contributed by atoms with E-state index in [0.29, 0.717) is 37.7 Å². The summed E-state index contributed by atoms with van der Waals surface area (Å²) < 4.78 is 24.2. The van der Waals surface area contributed by atoms with Gasteiger partial charge in [-0.15, -0.1) is 0 Å². The summed E-state index contributed by atoms with van der Waals surface area (Å²) in [5.74, 6) is -0.949. The molecule has 1 aromatic carbocycles. The normalized spacial score (nSPS) is 15.5. The van der Waals surface area contributed by atoms with Crippen molar-refractivity contribution in [2.45, 2.75) is 6.92 Å². The minimum absolute atomic E-state index is 0.0699. The van der Waals surface area contributed by atoms with E-state index >= 15 is 0 Å². The van der Waals surface area contributed by atoms with Gasteiger partial charge in [0.05, 0.1) is 25.5 Å². The highest BCUT2D eigenvalue weighted by Crippen LogP contribution is 2.23. The monoisotopic (exact) mass is 309 g/mol. The van der Waals surface area contributed by atoms with Crippen molar-refractivity contribution in [3.8, 4) is 0 Å². The van der Waals surface area contributed by atoms with Crippen LogP contribution in [0.4, 0.5) is 15.8 Å². The Kier molecular flexibility index (Phi) is 5.60. The Morgan fingerprint density at radius 2 is 2.23 bits per heavy atom. The van der Waals surface area contributed by atoms with Crippen molar-refractivity contribution >= 4 is 17.3 Å². The van der Waals surface area contributed by atoms with Crippen LogP contribution < -0.4 is 16.0 Å². The molecule has 0 spiro atoms. The van der Waals surface area contributed by atoms with Crippen LogP contribution in [0.3, 0.4) is 0 Å². The summed E-state index contributed by atoms with van der Waals surface area (Å²) in [4.78, 5) is 13.3. The standard InChI is InChI=1S/C15H20FN3O3/c1-2-22-15(20)13(17)10-18-11-3-4-14(12(16)9-11)19-5-7-21-8-6-19/h3-4,9-10,18H,2,5-8,17H2,1H3/b13-10-. The van der Waals surface area contributed by atoms with E-state index in [1.54, 1.807) is 19.1 Å². The lowest BCUT2D eigenvalue weighted by Gasteiger charge is -2.29. The second kappa shape index (κ2) is 7.65. The first-order chi connectivity index (χ1) is 10.6. The number of rotatable bonds is 5. The SMILES string of the molecule is CCOC(=O)/C(N)=C/Nc1ccc(N2CCOCC2)c(F)c1. The van der Waals surface area contributed by atoms with Crippen LogP contribution in [0.5, 0.6) is 0 Å². The number of nitrogens with one attached hydrogen (secondary N) is 1. The molecule has 0 radical (unpaired) electrons. The molecule has 1 aliphatic rings. The molecule has 0 aromatic heterocycles. The summed E-state index contributed by atoms with van der Waals surface area (Å²) in [5, 5.41) is 2.78. The fourth-order valence-corrected chi connectivity index (χ4v) is 2.09. The van der Waals surface area contributed by atoms with Crippen LogP contribution >= 0.6 is 0 Å². The minimum Gasteiger partial charge on any atom is -0.461 e. The largest absolute Gasteiger partial charge is 0.461 e. The number of ether oxygens (including phenoxy) is 2. The van der Waals surface area contributed by atoms with E-state index in [9.17, 15) is 9.18 Å². The van der Waals surface area contributed by atoms with Crippen LogP contribution in [0.2, 0.25) is 0 Å². The third kappa shape index (κ3) is 4.11. The molecule has 2 rings (SSSR count). The molecule has 1 fully saturated rings. The van der Waals surface area contributed by atoms with E-state index in [-0.39, 0.29) is 18.1 Å². The van der Waals surface area contributed by atoms with Crippen molar-refractivity contribution < 1.29 is 18.7 Å². The molecular weight excluding hydrogens is 289 g/mol. The zero-order valence-electron chi connectivity index (χ0n) is 12.5. The first-order valence-electron chi connectivity index (χ1n) is 7.13. The zero-order valence-corrected chi connectivity index (χ0v) is 12.5. The lowest BCUT2D eigenvalue weighted by molar-refractivity contribution is -0.138. The fourth-order valence-electron chi connectivity index (χ4n) is 2.09. The Morgan fingerprint density at radius 3 is 2.86 bits per heavy atom. The number of halogens is 1. The fraction of sp³-hybridized carbons (Fsp3) is 0.400. The Bertz CT molecular complexity index is 557. The number of benzene rings is 1. The molecule has 0 bridgehead atoms. The van der Waals surface area contributed by atoms with Gasteiger partial charge in [0, 0.05) is 25.0 Å². The highest BCUT2D eigenvalue weighted by molar-refractivity contribution is 5.87. The smallest absolute Gasteiger partial charge is 0.355 e. The maximum atomic E-state index is 14.2. The number of nitrogens with two attached hydrogens (primary N) is 1. The molecule has 22 heavy (non-hydrogen) atoms. The number of anilines is 2. The summed E-state index contributed by atoms with van der Waals surface area (Å²) in [6.45, 7) is 4.46. The Labute approximate surface area is 128 Å². The van der Waals surface area contributed by atoms with E-state index in [1.165, 1.54) is 12.3 Å². The van der Waals surface area contributed by atoms with Gasteiger partial charge in [-0.05, 0) is 25.1 Å². The number of nitrogens with zero attached hydrogens (tertiary/aromatic N) is 1. The number of carbonyl (C=O) groups is 1. The molecular formula is C15H20FN3O3. The summed E-state index contributed by atoms with van der Waals surface area (Å²) in [6.07, 6.45) is 1.29. The molecule has 1 saturated heterocycles. The topological polar surface area (TPSA) is 76.8 Å². The number of hydrogen-bond donors (Lipinski definition) is 2. The molecule has 0 aliphatic carbocycles. The first kappa shape index (κ1) is 16.1. The van der Waals surface area contributed by atoms with Crippen molar-refractivity contribution in [2.24, 2.45) is 5.73 Å². The molecule has 0 amide bonds. The van der Waals surface area contributed by atoms with Gasteiger partial charge in [0.25, 0.3) is 0 Å². The number of morpholine rings is 1. The van der Waals surface area contributed by atoms with Crippen LogP contribution in [0.1, 0.15) is 6.92 Å². The second-order valence-corrected chi connectivity index (χ2v) is 4.73. The molecule has 120 valence electrons. The van der Waals surface area contributed by atoms with Crippen molar-refractivity contribution in [3.63, 3.8) is 0 Å². The molecule has 7 heteroatoms. The van der Waals surface area contributed by atoms with Crippen molar-refractivity contribution in [2.75, 3.05) is 43.1 Å². The Morgan fingerprint density at radius 1 is 1.50 bits per heavy atom. The van der Waals surface area contributed by atoms with Crippen LogP contribution in [0.25, 0.3) is 0 Å². The van der Waals surface area contributed by atoms with Gasteiger partial charge in [0.2, 0.25) is 0 Å². The Balaban J connectivity index is 2.03. The average Bonchev–Trinajstić information content (AvgIpc) is 2.53. The van der Waals surface area contributed by atoms with Gasteiger partial charge in [-0.25, -0.2) is 9.18 Å². The maximum Gasteiger partial charge on any atom is 0.355 e. The molecule has 1 heterocycles. The van der Waals surface area contributed by atoms with Gasteiger partial charge in [-0.1, -0.05) is 0 Å². The van der Waals surface area contributed by atoms with Crippen molar-refractivity contribution in [1.82, 2.24) is 0 Å². The van der Waals surface area contributed by atoms with Gasteiger partial charge < -0.3 is 25.4 Å². The highest BCUT2D eigenvalue weighted by atomic mass is 19.1. The number of carbonyl (C=O) groups excluding carboxylic acids is 1. The predicted molar refractivity (Wildman–Crippen MR) is 82.0 cm³/mol. The summed E-state index contributed by atoms with van der Waals surface area (Å²) in [7, 11) is 0. The van der Waals surface area contributed by atoms with Gasteiger partial charge in [-0.3, -0.25) is 0 Å². The molecule has 1 aromatic rings. The van der Waals surface area contributed by atoms with E-state index in [4.69, 9.17) is 15.2 Å². The maximum absolute atomic E-state index is 14.2. The lowest BCUT2D eigenvalue weighted by Crippen LogP contribution is -2.36. The molecule has 0 unspecified atom stereocenters. The van der Waals surface area contributed by atoms with E-state index < -0.39 is 5.97 Å². The quantitative estimate of drug-likeness (QED) is 0.633. The zero-order chi connectivity index (χ0) is 15.9. The van der Waals surface area contributed by atoms with Gasteiger partial charge in [0.15, 0.2) is 0 Å². The first-order valence-corrected chi connectivity index (χ1v) is 7.13. The minimum atomic E-state index is -0.611. The van der Waals surface area contributed by atoms with E-state index in [1.807, 2.05) is 4.90 Å². The summed E-state index contributed by atoms with van der Waals surface area (Å²) in [5.41, 5.74) is 6.51. The van der Waals surface area contributed by atoms with Gasteiger partial charge in [-0.2, -0.15) is 0 Å². The predicted octanol–water partition coefficient (Wildman–Crippen LogP) is 1.44. The van der Waals surface area contributed by atoms with Crippen molar-refractivity contribution in [3.05, 3.63) is 35.9 Å². The van der Waals surface area contributed by atoms with Gasteiger partial charge in [0.1, 0.15) is 11.5 Å². The van der Waals surface area contributed by atoms with E-state index in [2.05, 4.69) is 5.32 Å². The third-order valence-electron chi connectivity index (χ3n) is 3.20. The molecule has 1 aliphatic heterocycles. The molecule has 0 saturated carbocycles. The number of esters is 1. The molecule has 6 nitrogen and oxygen atoms in total. The van der Waals surface area contributed by atoms with Gasteiger partial charge >= 0.3 is 5.97 Å². The number of hydrogen-bond acceptors (Lipinski definition) is 6. The van der Waals surface area contributed by atoms with Crippen LogP contribution in [-0.4, -0.2) is 38.9 Å². The third-order valence-corrected chi connectivity index (χ3v) is 3.20. The van der Waals surface area contributed by atoms with Crippen LogP contribution in [0.15, 0.2) is 30.1 Å². The van der Waals surface area contributed by atoms with Crippen LogP contribution in [-0.2, 0) is 14.3 Å². The average molecular weight is 309 g/mol. The van der Waals surface area contributed by atoms with E-state index in [0.717, 1.165) is 0 Å². The summed E-state index contributed by atoms with van der Waals surface area (Å²) >= 11 is 0. The second-order valence-electron chi connectivity index (χ2n) is 4.73. The van der Waals surface area contributed by atoms with Crippen molar-refractivity contribution in [1.29, 1.82) is 0 Å². The highest BCUT2D eigenvalue weighted by Gasteiger charge is 2.15. The molecule has 0 atom stereocenters. The Hall–Kier alpha value is -2.28. The molecule has 3 N–H and O–H groups in total. The summed E-state index contributed by atoms with van der Waals surface area (Å²) in [6, 6.07) is 4.78. The van der Waals surface area contributed by atoms with Crippen LogP contribution in [0, 0.1) is 5.82 Å².